The normalized spacial score (nSPS) is 22.9. The van der Waals surface area contributed by atoms with Gasteiger partial charge >= 0.3 is 0 Å². The van der Waals surface area contributed by atoms with E-state index in [1.165, 1.54) is 18.4 Å². The average molecular weight is 466 g/mol. The lowest BCUT2D eigenvalue weighted by Crippen LogP contribution is -2.45. The van der Waals surface area contributed by atoms with Gasteiger partial charge in [-0.25, -0.2) is 0 Å². The number of carbonyl (C=O) groups excluding carboxylic acids is 2. The predicted octanol–water partition coefficient (Wildman–Crippen LogP) is 2.27. The van der Waals surface area contributed by atoms with Crippen molar-refractivity contribution in [2.24, 2.45) is 5.73 Å². The van der Waals surface area contributed by atoms with Crippen LogP contribution >= 0.6 is 0 Å². The van der Waals surface area contributed by atoms with E-state index in [-0.39, 0.29) is 5.91 Å². The van der Waals surface area contributed by atoms with E-state index in [4.69, 9.17) is 5.73 Å². The molecule has 0 aromatic heterocycles. The van der Waals surface area contributed by atoms with E-state index in [0.717, 1.165) is 31.4 Å². The summed E-state index contributed by atoms with van der Waals surface area (Å²) >= 11 is 0. The van der Waals surface area contributed by atoms with E-state index in [0.29, 0.717) is 36.7 Å². The van der Waals surface area contributed by atoms with E-state index >= 15 is 0 Å². The van der Waals surface area contributed by atoms with Crippen LogP contribution < -0.4 is 5.73 Å². The lowest BCUT2D eigenvalue weighted by Gasteiger charge is -2.39. The number of amides is 2. The molecule has 4 rings (SSSR count). The van der Waals surface area contributed by atoms with Crippen LogP contribution in [0.1, 0.15) is 59.5 Å². The largest absolute Gasteiger partial charge is 0.393 e. The first kappa shape index (κ1) is 24.4. The van der Waals surface area contributed by atoms with Crippen LogP contribution in [0.3, 0.4) is 0 Å². The molecule has 0 radical (unpaired) electrons. The molecular weight excluding hydrogens is 430 g/mol. The van der Waals surface area contributed by atoms with Gasteiger partial charge in [-0.1, -0.05) is 42.5 Å². The third-order valence-electron chi connectivity index (χ3n) is 7.36. The molecular formula is C27H35N3O4. The van der Waals surface area contributed by atoms with E-state index in [9.17, 15) is 19.8 Å². The smallest absolute Gasteiger partial charge is 0.254 e. The highest BCUT2D eigenvalue weighted by Gasteiger charge is 2.40. The van der Waals surface area contributed by atoms with Gasteiger partial charge in [0.25, 0.3) is 5.91 Å². The molecule has 1 unspecified atom stereocenters. The molecule has 4 atom stereocenters. The number of primary amides is 1. The maximum atomic E-state index is 12.6. The molecule has 2 aromatic carbocycles. The van der Waals surface area contributed by atoms with Crippen molar-refractivity contribution in [2.75, 3.05) is 19.7 Å². The van der Waals surface area contributed by atoms with E-state index in [1.807, 2.05) is 42.5 Å². The minimum Gasteiger partial charge on any atom is -0.393 e. The summed E-state index contributed by atoms with van der Waals surface area (Å²) in [6, 6.07) is 18.5. The van der Waals surface area contributed by atoms with E-state index in [2.05, 4.69) is 11.0 Å². The first-order valence-electron chi connectivity index (χ1n) is 12.2. The zero-order valence-electron chi connectivity index (χ0n) is 19.6. The van der Waals surface area contributed by atoms with Crippen molar-refractivity contribution in [3.63, 3.8) is 0 Å². The number of nitrogens with zero attached hydrogens (tertiary/aromatic N) is 2. The number of hydrogen-bond donors (Lipinski definition) is 3. The molecule has 0 saturated carbocycles. The summed E-state index contributed by atoms with van der Waals surface area (Å²) in [7, 11) is 0. The number of hydrogen-bond acceptors (Lipinski definition) is 5. The Morgan fingerprint density at radius 1 is 1.06 bits per heavy atom. The quantitative estimate of drug-likeness (QED) is 0.499. The van der Waals surface area contributed by atoms with Gasteiger partial charge in [-0.05, 0) is 61.3 Å². The molecule has 4 N–H and O–H groups in total. The molecule has 2 amide bonds. The van der Waals surface area contributed by atoms with Crippen molar-refractivity contribution < 1.29 is 19.8 Å². The first-order chi connectivity index (χ1) is 16.5. The maximum Gasteiger partial charge on any atom is 0.254 e. The van der Waals surface area contributed by atoms with E-state index in [1.54, 1.807) is 11.0 Å². The third-order valence-corrected chi connectivity index (χ3v) is 7.36. The Morgan fingerprint density at radius 2 is 1.76 bits per heavy atom. The number of nitrogens with two attached hydrogens (primary N) is 1. The summed E-state index contributed by atoms with van der Waals surface area (Å²) in [5.41, 5.74) is 8.24. The Kier molecular flexibility index (Phi) is 7.98. The highest BCUT2D eigenvalue weighted by molar-refractivity contribution is 5.92. The number of rotatable bonds is 10. The van der Waals surface area contributed by atoms with Crippen LogP contribution in [-0.4, -0.2) is 69.7 Å². The summed E-state index contributed by atoms with van der Waals surface area (Å²) in [6.45, 7) is 1.28. The van der Waals surface area contributed by atoms with Crippen LogP contribution in [-0.2, 0) is 11.3 Å². The fourth-order valence-corrected chi connectivity index (χ4v) is 5.66. The molecule has 7 heteroatoms. The Morgan fingerprint density at radius 3 is 2.41 bits per heavy atom. The second-order valence-corrected chi connectivity index (χ2v) is 9.58. The number of fused-ring (bicyclic) bond motifs is 2. The lowest BCUT2D eigenvalue weighted by molar-refractivity contribution is -0.142. The second kappa shape index (κ2) is 11.1. The van der Waals surface area contributed by atoms with Gasteiger partial charge in [-0.2, -0.15) is 0 Å². The van der Waals surface area contributed by atoms with Crippen molar-refractivity contribution >= 4 is 11.8 Å². The van der Waals surface area contributed by atoms with Gasteiger partial charge in [0.05, 0.1) is 6.61 Å². The van der Waals surface area contributed by atoms with Crippen LogP contribution in [0.2, 0.25) is 0 Å². The molecule has 182 valence electrons. The molecule has 2 aliphatic rings. The highest BCUT2D eigenvalue weighted by atomic mass is 16.3. The summed E-state index contributed by atoms with van der Waals surface area (Å²) in [4.78, 5) is 28.5. The summed E-state index contributed by atoms with van der Waals surface area (Å²) in [6.07, 6.45) is 3.90. The standard InChI is InChI=1S/C27H35N3O4/c28-26(33)21-9-4-8-20(14-21)22-15-23-10-11-24(16-22)30(23)13-5-12-29(27(34)25(32)18-31)17-19-6-2-1-3-7-19/h1-4,6-9,14,22-25,31-32H,5,10-13,15-18H2,(H2,28,33)/t22?,23-,24+,25-/m0/s1. The molecule has 0 spiro atoms. The Bertz CT molecular complexity index is 969. The minimum absolute atomic E-state index is 0.386. The molecule has 0 aliphatic carbocycles. The number of benzene rings is 2. The maximum absolute atomic E-state index is 12.6. The molecule has 2 bridgehead atoms. The van der Waals surface area contributed by atoms with Crippen LogP contribution in [0.25, 0.3) is 0 Å². The fourth-order valence-electron chi connectivity index (χ4n) is 5.66. The average Bonchev–Trinajstić information content (AvgIpc) is 3.09. The number of aliphatic hydroxyl groups excluding tert-OH is 2. The molecule has 2 heterocycles. The molecule has 2 fully saturated rings. The monoisotopic (exact) mass is 465 g/mol. The van der Waals surface area contributed by atoms with Gasteiger partial charge in [0.15, 0.2) is 6.10 Å². The molecule has 7 nitrogen and oxygen atoms in total. The van der Waals surface area contributed by atoms with Gasteiger partial charge in [-0.3, -0.25) is 14.5 Å². The zero-order valence-corrected chi connectivity index (χ0v) is 19.6. The van der Waals surface area contributed by atoms with Crippen LogP contribution in [0.15, 0.2) is 54.6 Å². The first-order valence-corrected chi connectivity index (χ1v) is 12.2. The molecule has 2 saturated heterocycles. The van der Waals surface area contributed by atoms with Crippen molar-refractivity contribution in [1.29, 1.82) is 0 Å². The third kappa shape index (κ3) is 5.66. The van der Waals surface area contributed by atoms with Gasteiger partial charge in [0.1, 0.15) is 0 Å². The van der Waals surface area contributed by atoms with Crippen molar-refractivity contribution in [1.82, 2.24) is 9.80 Å². The Hall–Kier alpha value is -2.74. The predicted molar refractivity (Wildman–Crippen MR) is 130 cm³/mol. The summed E-state index contributed by atoms with van der Waals surface area (Å²) in [5.74, 6) is -0.380. The van der Waals surface area contributed by atoms with Gasteiger partial charge < -0.3 is 20.8 Å². The van der Waals surface area contributed by atoms with Crippen LogP contribution in [0, 0.1) is 0 Å². The summed E-state index contributed by atoms with van der Waals surface area (Å²) in [5, 5.41) is 19.2. The molecule has 2 aromatic rings. The van der Waals surface area contributed by atoms with Crippen molar-refractivity contribution in [2.45, 2.75) is 62.8 Å². The van der Waals surface area contributed by atoms with E-state index < -0.39 is 18.6 Å². The minimum atomic E-state index is -1.38. The van der Waals surface area contributed by atoms with Crippen molar-refractivity contribution in [3.05, 3.63) is 71.3 Å². The Labute approximate surface area is 201 Å². The summed E-state index contributed by atoms with van der Waals surface area (Å²) < 4.78 is 0. The number of carbonyl (C=O) groups is 2. The van der Waals surface area contributed by atoms with Gasteiger partial charge in [0.2, 0.25) is 5.91 Å². The van der Waals surface area contributed by atoms with Crippen LogP contribution in [0.4, 0.5) is 0 Å². The zero-order chi connectivity index (χ0) is 24.1. The second-order valence-electron chi connectivity index (χ2n) is 9.58. The molecule has 2 aliphatic heterocycles. The highest BCUT2D eigenvalue weighted by Crippen LogP contribution is 2.43. The lowest BCUT2D eigenvalue weighted by atomic mass is 9.84. The Balaban J connectivity index is 1.35. The van der Waals surface area contributed by atoms with Crippen molar-refractivity contribution in [3.8, 4) is 0 Å². The molecule has 34 heavy (non-hydrogen) atoms. The van der Waals surface area contributed by atoms with Crippen LogP contribution in [0.5, 0.6) is 0 Å². The van der Waals surface area contributed by atoms with Gasteiger partial charge in [0, 0.05) is 37.3 Å². The number of aliphatic hydroxyl groups is 2. The SMILES string of the molecule is NC(=O)c1cccc(C2C[C@H]3CC[C@@H](C2)N3CCCN(Cc2ccccc2)C(=O)[C@@H](O)CO)c1. The van der Waals surface area contributed by atoms with Gasteiger partial charge in [-0.15, -0.1) is 0 Å². The number of piperidine rings is 1. The fraction of sp³-hybridized carbons (Fsp3) is 0.481. The topological polar surface area (TPSA) is 107 Å².